The van der Waals surface area contributed by atoms with Crippen LogP contribution in [0.2, 0.25) is 0 Å². The first kappa shape index (κ1) is 8.74. The maximum Gasteiger partial charge on any atom is 0.337 e. The molecule has 1 aliphatic rings. The van der Waals surface area contributed by atoms with Crippen molar-refractivity contribution in [2.24, 2.45) is 5.10 Å². The smallest absolute Gasteiger partial charge is 0.337 e. The third kappa shape index (κ3) is 1.73. The predicted octanol–water partition coefficient (Wildman–Crippen LogP) is 0.342. The summed E-state index contributed by atoms with van der Waals surface area (Å²) in [6.07, 6.45) is 1.50. The van der Waals surface area contributed by atoms with Gasteiger partial charge in [-0.15, -0.1) is 0 Å². The van der Waals surface area contributed by atoms with Gasteiger partial charge in [-0.1, -0.05) is 5.16 Å². The van der Waals surface area contributed by atoms with E-state index in [1.54, 1.807) is 13.0 Å². The Labute approximate surface area is 80.6 Å². The first-order valence-electron chi connectivity index (χ1n) is 4.28. The molecule has 2 heterocycles. The van der Waals surface area contributed by atoms with Gasteiger partial charge in [0.15, 0.2) is 0 Å². The summed E-state index contributed by atoms with van der Waals surface area (Å²) in [7, 11) is 0. The Hall–Kier alpha value is -1.85. The van der Waals surface area contributed by atoms with Crippen molar-refractivity contribution in [1.82, 2.24) is 15.5 Å². The van der Waals surface area contributed by atoms with Gasteiger partial charge < -0.3 is 9.84 Å². The summed E-state index contributed by atoms with van der Waals surface area (Å²) in [6.45, 7) is 3.02. The summed E-state index contributed by atoms with van der Waals surface area (Å²) < 4.78 is 4.85. The molecule has 1 N–H and O–H groups in total. The molecule has 0 bridgehead atoms. The molecule has 1 aromatic heterocycles. The molecule has 1 saturated heterocycles. The Morgan fingerprint density at radius 2 is 2.64 bits per heavy atom. The lowest BCUT2D eigenvalue weighted by molar-refractivity contribution is 0.219. The van der Waals surface area contributed by atoms with Gasteiger partial charge in [0, 0.05) is 12.6 Å². The van der Waals surface area contributed by atoms with E-state index in [4.69, 9.17) is 4.52 Å². The molecule has 1 aromatic rings. The molecule has 6 heteroatoms. The van der Waals surface area contributed by atoms with Crippen LogP contribution in [0.15, 0.2) is 15.7 Å². The number of urea groups is 1. The average molecular weight is 194 g/mol. The van der Waals surface area contributed by atoms with E-state index in [0.29, 0.717) is 18.8 Å². The number of nitrogens with zero attached hydrogens (tertiary/aromatic N) is 3. The normalized spacial score (nSPS) is 16.6. The number of nitrogens with one attached hydrogen (secondary N) is 1. The zero-order valence-electron chi connectivity index (χ0n) is 7.73. The van der Waals surface area contributed by atoms with E-state index in [9.17, 15) is 4.79 Å². The summed E-state index contributed by atoms with van der Waals surface area (Å²) in [4.78, 5) is 11.1. The summed E-state index contributed by atoms with van der Waals surface area (Å²) in [5, 5.41) is 11.7. The van der Waals surface area contributed by atoms with E-state index in [2.05, 4.69) is 15.6 Å². The van der Waals surface area contributed by atoms with Crippen molar-refractivity contribution in [3.63, 3.8) is 0 Å². The Kier molecular flexibility index (Phi) is 2.18. The highest BCUT2D eigenvalue weighted by molar-refractivity contribution is 5.80. The number of amides is 2. The van der Waals surface area contributed by atoms with Crippen LogP contribution in [0.1, 0.15) is 11.5 Å². The summed E-state index contributed by atoms with van der Waals surface area (Å²) >= 11 is 0. The molecule has 6 nitrogen and oxygen atoms in total. The molecule has 0 spiro atoms. The van der Waals surface area contributed by atoms with Crippen LogP contribution >= 0.6 is 0 Å². The molecule has 0 unspecified atom stereocenters. The van der Waals surface area contributed by atoms with Gasteiger partial charge in [0.05, 0.1) is 12.8 Å². The number of hydrogen-bond donors (Lipinski definition) is 1. The summed E-state index contributed by atoms with van der Waals surface area (Å²) in [5.74, 6) is 0.720. The number of hydrogen-bond acceptors (Lipinski definition) is 4. The van der Waals surface area contributed by atoms with Gasteiger partial charge in [-0.3, -0.25) is 0 Å². The molecule has 0 aromatic carbocycles. The lowest BCUT2D eigenvalue weighted by atomic mass is 10.4. The highest BCUT2D eigenvalue weighted by atomic mass is 16.5. The Morgan fingerprint density at radius 1 is 1.79 bits per heavy atom. The van der Waals surface area contributed by atoms with Crippen LogP contribution < -0.4 is 5.32 Å². The quantitative estimate of drug-likeness (QED) is 0.690. The van der Waals surface area contributed by atoms with Crippen LogP contribution in [0.25, 0.3) is 0 Å². The van der Waals surface area contributed by atoms with Crippen molar-refractivity contribution in [2.45, 2.75) is 6.92 Å². The molecule has 2 rings (SSSR count). The van der Waals surface area contributed by atoms with Crippen LogP contribution in [0.5, 0.6) is 0 Å². The van der Waals surface area contributed by atoms with Crippen LogP contribution in [0.4, 0.5) is 4.79 Å². The van der Waals surface area contributed by atoms with Crippen molar-refractivity contribution in [3.8, 4) is 0 Å². The lowest BCUT2D eigenvalue weighted by Crippen LogP contribution is -2.23. The lowest BCUT2D eigenvalue weighted by Gasteiger charge is -2.03. The molecule has 2 amide bonds. The number of hydrazone groups is 1. The van der Waals surface area contributed by atoms with Crippen molar-refractivity contribution in [3.05, 3.63) is 17.5 Å². The van der Waals surface area contributed by atoms with E-state index in [1.165, 1.54) is 11.2 Å². The number of aromatic nitrogens is 1. The summed E-state index contributed by atoms with van der Waals surface area (Å²) in [5.41, 5.74) is 0.613. The standard InChI is InChI=1S/C8H10N4O2/c1-6-4-7(11-14-6)5-10-12-3-2-9-8(12)13/h4-5H,2-3H2,1H3,(H,9,13)/b10-5+. The molecule has 0 saturated carbocycles. The van der Waals surface area contributed by atoms with Crippen molar-refractivity contribution in [2.75, 3.05) is 13.1 Å². The number of aryl methyl sites for hydroxylation is 1. The Bertz CT molecular complexity index is 371. The fourth-order valence-corrected chi connectivity index (χ4v) is 1.15. The molecule has 0 atom stereocenters. The zero-order chi connectivity index (χ0) is 9.97. The molecule has 74 valence electrons. The molecule has 1 aliphatic heterocycles. The summed E-state index contributed by atoms with van der Waals surface area (Å²) in [6, 6.07) is 1.57. The SMILES string of the molecule is Cc1cc(/C=N/N2CCNC2=O)no1. The van der Waals surface area contributed by atoms with E-state index in [-0.39, 0.29) is 6.03 Å². The largest absolute Gasteiger partial charge is 0.361 e. The van der Waals surface area contributed by atoms with Gasteiger partial charge in [0.25, 0.3) is 0 Å². The molecule has 14 heavy (non-hydrogen) atoms. The van der Waals surface area contributed by atoms with Crippen molar-refractivity contribution in [1.29, 1.82) is 0 Å². The van der Waals surface area contributed by atoms with Crippen LogP contribution in [-0.2, 0) is 0 Å². The molecule has 0 radical (unpaired) electrons. The first-order valence-corrected chi connectivity index (χ1v) is 4.28. The molecule has 0 aliphatic carbocycles. The van der Waals surface area contributed by atoms with E-state index >= 15 is 0 Å². The zero-order valence-corrected chi connectivity index (χ0v) is 7.73. The van der Waals surface area contributed by atoms with E-state index in [1.807, 2.05) is 0 Å². The van der Waals surface area contributed by atoms with E-state index < -0.39 is 0 Å². The third-order valence-corrected chi connectivity index (χ3v) is 1.81. The number of carbonyl (C=O) groups is 1. The fourth-order valence-electron chi connectivity index (χ4n) is 1.15. The van der Waals surface area contributed by atoms with Crippen LogP contribution in [0.3, 0.4) is 0 Å². The fraction of sp³-hybridized carbons (Fsp3) is 0.375. The van der Waals surface area contributed by atoms with Crippen molar-refractivity contribution >= 4 is 12.2 Å². The second kappa shape index (κ2) is 3.49. The third-order valence-electron chi connectivity index (χ3n) is 1.81. The second-order valence-corrected chi connectivity index (χ2v) is 2.96. The first-order chi connectivity index (χ1) is 6.75. The maximum absolute atomic E-state index is 11.1. The van der Waals surface area contributed by atoms with Gasteiger partial charge >= 0.3 is 6.03 Å². The molecule has 1 fully saturated rings. The number of rotatable bonds is 2. The number of carbonyl (C=O) groups excluding carboxylic acids is 1. The minimum atomic E-state index is -0.179. The highest BCUT2D eigenvalue weighted by Crippen LogP contribution is 2.00. The minimum absolute atomic E-state index is 0.179. The van der Waals surface area contributed by atoms with Crippen LogP contribution in [0, 0.1) is 6.92 Å². The Morgan fingerprint density at radius 3 is 3.21 bits per heavy atom. The topological polar surface area (TPSA) is 70.7 Å². The van der Waals surface area contributed by atoms with E-state index in [0.717, 1.165) is 5.76 Å². The monoisotopic (exact) mass is 194 g/mol. The van der Waals surface area contributed by atoms with Crippen LogP contribution in [-0.4, -0.2) is 35.5 Å². The average Bonchev–Trinajstić information content (AvgIpc) is 2.72. The minimum Gasteiger partial charge on any atom is -0.361 e. The Balaban J connectivity index is 2.03. The highest BCUT2D eigenvalue weighted by Gasteiger charge is 2.17. The predicted molar refractivity (Wildman–Crippen MR) is 48.9 cm³/mol. The van der Waals surface area contributed by atoms with Gasteiger partial charge in [-0.05, 0) is 6.92 Å². The van der Waals surface area contributed by atoms with Gasteiger partial charge in [0.2, 0.25) is 0 Å². The van der Waals surface area contributed by atoms with Crippen molar-refractivity contribution < 1.29 is 9.32 Å². The molecular formula is C8H10N4O2. The molecular weight excluding hydrogens is 184 g/mol. The second-order valence-electron chi connectivity index (χ2n) is 2.96. The maximum atomic E-state index is 11.1. The van der Waals surface area contributed by atoms with Gasteiger partial charge in [-0.2, -0.15) is 5.10 Å². The van der Waals surface area contributed by atoms with Gasteiger partial charge in [0.1, 0.15) is 11.5 Å². The van der Waals surface area contributed by atoms with Gasteiger partial charge in [-0.25, -0.2) is 9.80 Å².